The number of aryl methyl sites for hydroxylation is 2. The number of rotatable bonds is 8. The largest absolute Gasteiger partial charge is 0.492 e. The van der Waals surface area contributed by atoms with Gasteiger partial charge in [-0.3, -0.25) is 4.99 Å². The van der Waals surface area contributed by atoms with E-state index in [2.05, 4.69) is 39.8 Å². The summed E-state index contributed by atoms with van der Waals surface area (Å²) in [7, 11) is 1.77. The highest BCUT2D eigenvalue weighted by atomic mass is 32.1. The Morgan fingerprint density at radius 1 is 1.21 bits per heavy atom. The molecule has 2 N–H and O–H groups in total. The van der Waals surface area contributed by atoms with Crippen molar-refractivity contribution in [1.29, 1.82) is 0 Å². The molecule has 24 heavy (non-hydrogen) atoms. The van der Waals surface area contributed by atoms with Crippen molar-refractivity contribution in [2.24, 2.45) is 4.99 Å². The molecular weight excluding hydrogens is 320 g/mol. The number of hydrogen-bond donors (Lipinski definition) is 2. The molecule has 6 heteroatoms. The van der Waals surface area contributed by atoms with Crippen LogP contribution in [0.15, 0.2) is 34.6 Å². The lowest BCUT2D eigenvalue weighted by atomic mass is 10.2. The molecule has 0 atom stereocenters. The van der Waals surface area contributed by atoms with Gasteiger partial charge in [0.25, 0.3) is 0 Å². The van der Waals surface area contributed by atoms with Gasteiger partial charge in [-0.25, -0.2) is 4.98 Å². The zero-order chi connectivity index (χ0) is 17.2. The average molecular weight is 347 g/mol. The molecule has 0 spiro atoms. The van der Waals surface area contributed by atoms with Crippen LogP contribution < -0.4 is 15.4 Å². The van der Waals surface area contributed by atoms with E-state index >= 15 is 0 Å². The van der Waals surface area contributed by atoms with Gasteiger partial charge in [-0.2, -0.15) is 0 Å². The van der Waals surface area contributed by atoms with Gasteiger partial charge in [0.15, 0.2) is 5.96 Å². The minimum atomic E-state index is 0.593. The van der Waals surface area contributed by atoms with E-state index in [1.165, 1.54) is 10.6 Å². The first-order valence-electron chi connectivity index (χ1n) is 8.28. The van der Waals surface area contributed by atoms with Crippen LogP contribution in [0.3, 0.4) is 0 Å². The summed E-state index contributed by atoms with van der Waals surface area (Å²) in [5, 5.41) is 9.88. The second-order valence-electron chi connectivity index (χ2n) is 5.42. The minimum Gasteiger partial charge on any atom is -0.492 e. The fourth-order valence-corrected chi connectivity index (χ4v) is 2.91. The van der Waals surface area contributed by atoms with Crippen molar-refractivity contribution in [3.63, 3.8) is 0 Å². The lowest BCUT2D eigenvalue weighted by Gasteiger charge is -2.12. The fraction of sp³-hybridized carbons (Fsp3) is 0.444. The van der Waals surface area contributed by atoms with Gasteiger partial charge < -0.3 is 15.4 Å². The van der Waals surface area contributed by atoms with Gasteiger partial charge >= 0.3 is 0 Å². The van der Waals surface area contributed by atoms with Crippen molar-refractivity contribution in [2.45, 2.75) is 26.7 Å². The molecule has 0 unspecified atom stereocenters. The van der Waals surface area contributed by atoms with Crippen LogP contribution in [0.4, 0.5) is 0 Å². The van der Waals surface area contributed by atoms with Gasteiger partial charge in [0.05, 0.1) is 17.2 Å². The number of nitrogens with zero attached hydrogens (tertiary/aromatic N) is 2. The molecule has 5 nitrogen and oxygen atoms in total. The Hall–Kier alpha value is -2.08. The first kappa shape index (κ1) is 18.3. The van der Waals surface area contributed by atoms with Crippen molar-refractivity contribution in [1.82, 2.24) is 15.6 Å². The smallest absolute Gasteiger partial charge is 0.191 e. The molecule has 1 aromatic carbocycles. The summed E-state index contributed by atoms with van der Waals surface area (Å²) in [4.78, 5) is 8.78. The zero-order valence-electron chi connectivity index (χ0n) is 14.6. The molecule has 2 rings (SSSR count). The van der Waals surface area contributed by atoms with E-state index in [9.17, 15) is 0 Å². The molecule has 0 aliphatic carbocycles. The maximum atomic E-state index is 5.69. The van der Waals surface area contributed by atoms with Gasteiger partial charge in [0.1, 0.15) is 12.4 Å². The second-order valence-corrected chi connectivity index (χ2v) is 6.37. The highest BCUT2D eigenvalue weighted by Gasteiger charge is 2.02. The van der Waals surface area contributed by atoms with E-state index in [1.807, 2.05) is 24.3 Å². The third-order valence-corrected chi connectivity index (χ3v) is 4.53. The van der Waals surface area contributed by atoms with Crippen molar-refractivity contribution in [3.8, 4) is 5.75 Å². The first-order valence-corrected chi connectivity index (χ1v) is 9.16. The minimum absolute atomic E-state index is 0.593. The Morgan fingerprint density at radius 3 is 2.62 bits per heavy atom. The Kier molecular flexibility index (Phi) is 7.55. The van der Waals surface area contributed by atoms with Crippen LogP contribution in [0.25, 0.3) is 0 Å². The molecule has 0 amide bonds. The van der Waals surface area contributed by atoms with Gasteiger partial charge in [-0.15, -0.1) is 11.3 Å². The first-order chi connectivity index (χ1) is 11.7. The molecule has 0 aliphatic rings. The van der Waals surface area contributed by atoms with E-state index in [-0.39, 0.29) is 0 Å². The molecule has 1 heterocycles. The predicted octanol–water partition coefficient (Wildman–Crippen LogP) is 2.80. The number of ether oxygens (including phenoxy) is 1. The van der Waals surface area contributed by atoms with E-state index < -0.39 is 0 Å². The van der Waals surface area contributed by atoms with Crippen LogP contribution in [-0.4, -0.2) is 37.7 Å². The molecule has 2 aromatic rings. The van der Waals surface area contributed by atoms with Gasteiger partial charge in [0.2, 0.25) is 0 Å². The number of nitrogens with one attached hydrogen (secondary N) is 2. The molecule has 0 bridgehead atoms. The van der Waals surface area contributed by atoms with E-state index in [0.717, 1.165) is 36.8 Å². The van der Waals surface area contributed by atoms with Crippen molar-refractivity contribution < 1.29 is 4.74 Å². The van der Waals surface area contributed by atoms with E-state index in [0.29, 0.717) is 13.2 Å². The van der Waals surface area contributed by atoms with E-state index in [4.69, 9.17) is 4.74 Å². The molecule has 1 aromatic heterocycles. The summed E-state index contributed by atoms with van der Waals surface area (Å²) in [6.45, 7) is 6.30. The van der Waals surface area contributed by atoms with E-state index in [1.54, 1.807) is 18.4 Å². The maximum Gasteiger partial charge on any atom is 0.191 e. The monoisotopic (exact) mass is 346 g/mol. The number of hydrogen-bond acceptors (Lipinski definition) is 4. The third-order valence-electron chi connectivity index (χ3n) is 3.48. The van der Waals surface area contributed by atoms with Crippen molar-refractivity contribution in [2.75, 3.05) is 26.7 Å². The quantitative estimate of drug-likeness (QED) is 0.438. The fourth-order valence-electron chi connectivity index (χ4n) is 2.13. The average Bonchev–Trinajstić information content (AvgIpc) is 3.06. The summed E-state index contributed by atoms with van der Waals surface area (Å²) in [5.74, 6) is 1.68. The highest BCUT2D eigenvalue weighted by Crippen LogP contribution is 2.11. The normalized spacial score (nSPS) is 11.4. The molecule has 0 saturated carbocycles. The zero-order valence-corrected chi connectivity index (χ0v) is 15.4. The maximum absolute atomic E-state index is 5.69. The molecule has 0 saturated heterocycles. The van der Waals surface area contributed by atoms with Crippen LogP contribution >= 0.6 is 11.3 Å². The molecule has 0 aliphatic heterocycles. The Bertz CT molecular complexity index is 637. The predicted molar refractivity (Wildman–Crippen MR) is 101 cm³/mol. The standard InChI is InChI=1S/C18H26N4OS/c1-4-17-22-15(13-24-17)9-10-20-18(19-3)21-11-12-23-16-7-5-14(2)6-8-16/h5-8,13H,4,9-12H2,1-3H3,(H2,19,20,21). The Labute approximate surface area is 148 Å². The van der Waals surface area contributed by atoms with Crippen molar-refractivity contribution in [3.05, 3.63) is 45.9 Å². The number of benzene rings is 1. The number of aromatic nitrogens is 1. The molecule has 0 fully saturated rings. The number of aliphatic imine (C=N–C) groups is 1. The van der Waals surface area contributed by atoms with Crippen molar-refractivity contribution >= 4 is 17.3 Å². The highest BCUT2D eigenvalue weighted by molar-refractivity contribution is 7.09. The molecule has 130 valence electrons. The van der Waals surface area contributed by atoms with Gasteiger partial charge in [-0.05, 0) is 25.5 Å². The Morgan fingerprint density at radius 2 is 1.96 bits per heavy atom. The summed E-state index contributed by atoms with van der Waals surface area (Å²) in [6.07, 6.45) is 1.90. The van der Waals surface area contributed by atoms with Crippen LogP contribution in [-0.2, 0) is 12.8 Å². The third kappa shape index (κ3) is 6.20. The topological polar surface area (TPSA) is 58.5 Å². The lowest BCUT2D eigenvalue weighted by molar-refractivity contribution is 0.322. The van der Waals surface area contributed by atoms with Crippen LogP contribution in [0.5, 0.6) is 5.75 Å². The van der Waals surface area contributed by atoms with Crippen LogP contribution in [0, 0.1) is 6.92 Å². The summed E-state index contributed by atoms with van der Waals surface area (Å²) < 4.78 is 5.69. The summed E-state index contributed by atoms with van der Waals surface area (Å²) >= 11 is 1.73. The Balaban J connectivity index is 1.62. The molecule has 0 radical (unpaired) electrons. The SMILES string of the molecule is CCc1nc(CCNC(=NC)NCCOc2ccc(C)cc2)cs1. The second kappa shape index (κ2) is 9.93. The van der Waals surface area contributed by atoms with Gasteiger partial charge in [-0.1, -0.05) is 24.6 Å². The molecular formula is C18H26N4OS. The number of guanidine groups is 1. The van der Waals surface area contributed by atoms with Crippen LogP contribution in [0.2, 0.25) is 0 Å². The van der Waals surface area contributed by atoms with Crippen LogP contribution in [0.1, 0.15) is 23.2 Å². The lowest BCUT2D eigenvalue weighted by Crippen LogP contribution is -2.40. The summed E-state index contributed by atoms with van der Waals surface area (Å²) in [6, 6.07) is 8.07. The van der Waals surface area contributed by atoms with Gasteiger partial charge in [0, 0.05) is 25.4 Å². The number of thiazole rings is 1. The summed E-state index contributed by atoms with van der Waals surface area (Å²) in [5.41, 5.74) is 2.37.